The minimum absolute atomic E-state index is 0.0627. The summed E-state index contributed by atoms with van der Waals surface area (Å²) < 4.78 is 23.0. The number of methoxy groups -OCH3 is 1. The normalized spacial score (nSPS) is 13.7. The summed E-state index contributed by atoms with van der Waals surface area (Å²) in [6.07, 6.45) is 3.39. The molecule has 0 amide bonds. The van der Waals surface area contributed by atoms with E-state index in [1.54, 1.807) is 19.4 Å². The van der Waals surface area contributed by atoms with E-state index in [0.29, 0.717) is 54.3 Å². The van der Waals surface area contributed by atoms with Crippen LogP contribution in [0.1, 0.15) is 32.3 Å². The summed E-state index contributed by atoms with van der Waals surface area (Å²) in [4.78, 5) is 11.3. The van der Waals surface area contributed by atoms with Gasteiger partial charge in [0.15, 0.2) is 11.5 Å². The van der Waals surface area contributed by atoms with Gasteiger partial charge in [-0.15, -0.1) is 0 Å². The molecule has 38 heavy (non-hydrogen) atoms. The topological polar surface area (TPSA) is 102 Å². The lowest BCUT2D eigenvalue weighted by Crippen LogP contribution is -2.27. The molecule has 1 N–H and O–H groups in total. The highest BCUT2D eigenvalue weighted by Gasteiger charge is 2.18. The molecule has 1 fully saturated rings. The third-order valence-electron chi connectivity index (χ3n) is 6.49. The molecule has 0 atom stereocenters. The van der Waals surface area contributed by atoms with Crippen molar-refractivity contribution in [3.8, 4) is 34.6 Å². The minimum Gasteiger partial charge on any atom is -0.493 e. The Morgan fingerprint density at radius 1 is 1.05 bits per heavy atom. The van der Waals surface area contributed by atoms with Gasteiger partial charge in [0, 0.05) is 42.9 Å². The number of aromatic nitrogens is 2. The Hall–Kier alpha value is -3.87. The van der Waals surface area contributed by atoms with Crippen LogP contribution in [0.4, 0.5) is 11.6 Å². The smallest absolute Gasteiger partial charge is 0.227 e. The molecule has 4 rings (SSSR count). The summed E-state index contributed by atoms with van der Waals surface area (Å²) in [6.45, 7) is 9.06. The monoisotopic (exact) mass is 517 g/mol. The summed E-state index contributed by atoms with van der Waals surface area (Å²) in [5.74, 6) is 2.33. The summed E-state index contributed by atoms with van der Waals surface area (Å²) in [5.41, 5.74) is 2.75. The summed E-state index contributed by atoms with van der Waals surface area (Å²) in [5, 5.41) is 13.0. The van der Waals surface area contributed by atoms with Gasteiger partial charge in [-0.05, 0) is 49.5 Å². The molecule has 0 saturated carbocycles. The molecule has 1 aromatic heterocycles. The molecule has 2 heterocycles. The van der Waals surface area contributed by atoms with E-state index < -0.39 is 0 Å². The third kappa shape index (κ3) is 7.12. The average Bonchev–Trinajstić information content (AvgIpc) is 2.96. The number of likely N-dealkylation sites (N-methyl/N-ethyl adjacent to an activating group) is 1. The van der Waals surface area contributed by atoms with Crippen LogP contribution in [-0.4, -0.2) is 67.5 Å². The van der Waals surface area contributed by atoms with Crippen LogP contribution in [0.2, 0.25) is 0 Å². The molecule has 1 aliphatic heterocycles. The Morgan fingerprint density at radius 3 is 2.58 bits per heavy atom. The van der Waals surface area contributed by atoms with Gasteiger partial charge in [0.2, 0.25) is 5.95 Å². The number of ether oxygens (including phenoxy) is 4. The van der Waals surface area contributed by atoms with E-state index in [1.165, 1.54) is 0 Å². The fraction of sp³-hybridized carbons (Fsp3) is 0.414. The molecular formula is C29H35N5O4. The Balaban J connectivity index is 1.45. The zero-order chi connectivity index (χ0) is 26.7. The van der Waals surface area contributed by atoms with E-state index in [-0.39, 0.29) is 6.10 Å². The van der Waals surface area contributed by atoms with Crippen LogP contribution in [0.15, 0.2) is 48.7 Å². The SMILES string of the molecule is CCN(CC)CCOc1ccc(Nc2nccc(-c3ccc(OC4CCOCC4)c(C#N)c3)n2)cc1OC. The van der Waals surface area contributed by atoms with Crippen LogP contribution < -0.4 is 19.5 Å². The van der Waals surface area contributed by atoms with Crippen molar-refractivity contribution in [1.82, 2.24) is 14.9 Å². The predicted octanol–water partition coefficient (Wildman–Crippen LogP) is 5.05. The second kappa shape index (κ2) is 13.6. The van der Waals surface area contributed by atoms with Crippen molar-refractivity contribution in [3.05, 3.63) is 54.2 Å². The molecule has 9 heteroatoms. The van der Waals surface area contributed by atoms with Gasteiger partial charge in [-0.2, -0.15) is 5.26 Å². The zero-order valence-electron chi connectivity index (χ0n) is 22.3. The number of nitriles is 1. The molecule has 3 aromatic rings. The first-order valence-electron chi connectivity index (χ1n) is 13.1. The molecule has 0 radical (unpaired) electrons. The van der Waals surface area contributed by atoms with Crippen molar-refractivity contribution < 1.29 is 18.9 Å². The van der Waals surface area contributed by atoms with E-state index in [9.17, 15) is 5.26 Å². The standard InChI is InChI=1S/C29H35N5O4/c1-4-34(5-2)14-17-37-27-9-7-23(19-28(27)35-3)32-29-31-13-10-25(33-29)21-6-8-26(22(18-21)20-30)38-24-11-15-36-16-12-24/h6-10,13,18-19,24H,4-5,11-12,14-17H2,1-3H3,(H,31,32,33). The molecule has 1 aliphatic rings. The number of hydrogen-bond donors (Lipinski definition) is 1. The van der Waals surface area contributed by atoms with Crippen molar-refractivity contribution in [1.29, 1.82) is 5.26 Å². The van der Waals surface area contributed by atoms with E-state index in [1.807, 2.05) is 36.4 Å². The number of hydrogen-bond acceptors (Lipinski definition) is 9. The van der Waals surface area contributed by atoms with E-state index in [2.05, 4.69) is 40.1 Å². The van der Waals surface area contributed by atoms with Crippen molar-refractivity contribution >= 4 is 11.6 Å². The van der Waals surface area contributed by atoms with Crippen LogP contribution in [0.25, 0.3) is 11.3 Å². The fourth-order valence-corrected chi connectivity index (χ4v) is 4.25. The van der Waals surface area contributed by atoms with Gasteiger partial charge in [0.05, 0.1) is 31.6 Å². The lowest BCUT2D eigenvalue weighted by atomic mass is 10.1. The molecule has 0 aliphatic carbocycles. The van der Waals surface area contributed by atoms with Gasteiger partial charge in [-0.3, -0.25) is 0 Å². The molecule has 0 unspecified atom stereocenters. The van der Waals surface area contributed by atoms with Gasteiger partial charge >= 0.3 is 0 Å². The number of benzene rings is 2. The average molecular weight is 518 g/mol. The molecule has 0 spiro atoms. The Morgan fingerprint density at radius 2 is 1.84 bits per heavy atom. The Bertz CT molecular complexity index is 1240. The quantitative estimate of drug-likeness (QED) is 0.354. The second-order valence-corrected chi connectivity index (χ2v) is 8.88. The van der Waals surface area contributed by atoms with Crippen LogP contribution in [-0.2, 0) is 4.74 Å². The first-order valence-corrected chi connectivity index (χ1v) is 13.1. The zero-order valence-corrected chi connectivity index (χ0v) is 22.3. The number of nitrogens with zero attached hydrogens (tertiary/aromatic N) is 4. The predicted molar refractivity (Wildman–Crippen MR) is 146 cm³/mol. The molecule has 9 nitrogen and oxygen atoms in total. The van der Waals surface area contributed by atoms with Crippen LogP contribution in [0, 0.1) is 11.3 Å². The van der Waals surface area contributed by atoms with E-state index in [4.69, 9.17) is 18.9 Å². The fourth-order valence-electron chi connectivity index (χ4n) is 4.25. The third-order valence-corrected chi connectivity index (χ3v) is 6.49. The minimum atomic E-state index is 0.0627. The Kier molecular flexibility index (Phi) is 9.73. The molecule has 200 valence electrons. The molecule has 0 bridgehead atoms. The highest BCUT2D eigenvalue weighted by molar-refractivity contribution is 5.66. The van der Waals surface area contributed by atoms with Crippen molar-refractivity contribution in [3.63, 3.8) is 0 Å². The second-order valence-electron chi connectivity index (χ2n) is 8.88. The first-order chi connectivity index (χ1) is 18.6. The van der Waals surface area contributed by atoms with Crippen LogP contribution >= 0.6 is 0 Å². The van der Waals surface area contributed by atoms with Gasteiger partial charge in [-0.25, -0.2) is 9.97 Å². The lowest BCUT2D eigenvalue weighted by Gasteiger charge is -2.23. The highest BCUT2D eigenvalue weighted by Crippen LogP contribution is 2.32. The van der Waals surface area contributed by atoms with Crippen LogP contribution in [0.5, 0.6) is 17.2 Å². The van der Waals surface area contributed by atoms with Gasteiger partial charge in [-0.1, -0.05) is 13.8 Å². The largest absolute Gasteiger partial charge is 0.493 e. The first kappa shape index (κ1) is 27.2. The van der Waals surface area contributed by atoms with Gasteiger partial charge in [0.25, 0.3) is 0 Å². The van der Waals surface area contributed by atoms with E-state index in [0.717, 1.165) is 43.7 Å². The van der Waals surface area contributed by atoms with Crippen LogP contribution in [0.3, 0.4) is 0 Å². The molecule has 1 saturated heterocycles. The maximum absolute atomic E-state index is 9.72. The number of nitrogens with one attached hydrogen (secondary N) is 1. The number of anilines is 2. The van der Waals surface area contributed by atoms with Crippen molar-refractivity contribution in [2.24, 2.45) is 0 Å². The van der Waals surface area contributed by atoms with Gasteiger partial charge in [0.1, 0.15) is 24.5 Å². The lowest BCUT2D eigenvalue weighted by molar-refractivity contribution is 0.0254. The summed E-state index contributed by atoms with van der Waals surface area (Å²) in [6, 6.07) is 15.3. The van der Waals surface area contributed by atoms with Crippen molar-refractivity contribution in [2.75, 3.05) is 51.9 Å². The van der Waals surface area contributed by atoms with Gasteiger partial charge < -0.3 is 29.2 Å². The summed E-state index contributed by atoms with van der Waals surface area (Å²) >= 11 is 0. The van der Waals surface area contributed by atoms with E-state index >= 15 is 0 Å². The highest BCUT2D eigenvalue weighted by atomic mass is 16.5. The van der Waals surface area contributed by atoms with Crippen molar-refractivity contribution in [2.45, 2.75) is 32.8 Å². The maximum atomic E-state index is 9.72. The number of rotatable bonds is 12. The Labute approximate surface area is 224 Å². The molecular weight excluding hydrogens is 482 g/mol. The summed E-state index contributed by atoms with van der Waals surface area (Å²) in [7, 11) is 1.62. The molecule has 2 aromatic carbocycles. The maximum Gasteiger partial charge on any atom is 0.227 e.